The molecule has 1 N–H and O–H groups in total. The minimum absolute atomic E-state index is 0.145. The van der Waals surface area contributed by atoms with Crippen molar-refractivity contribution in [2.75, 3.05) is 11.9 Å². The highest BCUT2D eigenvalue weighted by molar-refractivity contribution is 9.10. The number of carbonyl (C=O) groups excluding carboxylic acids is 1. The van der Waals surface area contributed by atoms with E-state index >= 15 is 0 Å². The number of anilines is 1. The van der Waals surface area contributed by atoms with Crippen LogP contribution in [0, 0.1) is 24.0 Å². The van der Waals surface area contributed by atoms with Crippen molar-refractivity contribution in [3.63, 3.8) is 0 Å². The molecule has 2 rings (SSSR count). The molecule has 126 valence electrons. The van der Waals surface area contributed by atoms with Gasteiger partial charge in [0.1, 0.15) is 11.4 Å². The van der Waals surface area contributed by atoms with Gasteiger partial charge in [-0.3, -0.25) is 14.9 Å². The second kappa shape index (κ2) is 7.63. The molecule has 2 aromatic carbocycles. The third-order valence-electron chi connectivity index (χ3n) is 3.34. The van der Waals surface area contributed by atoms with Crippen LogP contribution in [0.3, 0.4) is 0 Å². The number of carbonyl (C=O) groups is 1. The Morgan fingerprint density at radius 2 is 1.96 bits per heavy atom. The second-order valence-electron chi connectivity index (χ2n) is 5.12. The molecule has 8 heteroatoms. The van der Waals surface area contributed by atoms with Crippen molar-refractivity contribution in [3.8, 4) is 5.75 Å². The monoisotopic (exact) mass is 412 g/mol. The fourth-order valence-electron chi connectivity index (χ4n) is 1.97. The first-order valence-electron chi connectivity index (χ1n) is 6.91. The SMILES string of the molecule is Cc1cc(NC(=O)COc2ccc(Cl)cc2Br)c([N+](=O)[O-])cc1C. The lowest BCUT2D eigenvalue weighted by Crippen LogP contribution is -2.21. The molecule has 2 aromatic rings. The molecule has 1 amide bonds. The van der Waals surface area contributed by atoms with Gasteiger partial charge in [0.05, 0.1) is 9.40 Å². The second-order valence-corrected chi connectivity index (χ2v) is 6.41. The molecule has 0 heterocycles. The quantitative estimate of drug-likeness (QED) is 0.571. The molecule has 0 saturated heterocycles. The summed E-state index contributed by atoms with van der Waals surface area (Å²) in [5.74, 6) is -0.0488. The summed E-state index contributed by atoms with van der Waals surface area (Å²) in [4.78, 5) is 22.6. The molecule has 0 bridgehead atoms. The zero-order valence-electron chi connectivity index (χ0n) is 12.9. The maximum absolute atomic E-state index is 12.0. The molecule has 6 nitrogen and oxygen atoms in total. The van der Waals surface area contributed by atoms with Crippen LogP contribution in [-0.4, -0.2) is 17.4 Å². The number of ether oxygens (including phenoxy) is 1. The largest absolute Gasteiger partial charge is 0.483 e. The minimum Gasteiger partial charge on any atom is -0.483 e. The molecule has 24 heavy (non-hydrogen) atoms. The number of nitro groups is 1. The van der Waals surface area contributed by atoms with Gasteiger partial charge in [-0.05, 0) is 65.2 Å². The van der Waals surface area contributed by atoms with Crippen molar-refractivity contribution in [1.29, 1.82) is 0 Å². The van der Waals surface area contributed by atoms with Crippen molar-refractivity contribution >= 4 is 44.8 Å². The van der Waals surface area contributed by atoms with E-state index in [0.717, 1.165) is 11.1 Å². The Labute approximate surface area is 152 Å². The summed E-state index contributed by atoms with van der Waals surface area (Å²) < 4.78 is 6.00. The number of rotatable bonds is 5. The third-order valence-corrected chi connectivity index (χ3v) is 4.19. The van der Waals surface area contributed by atoms with E-state index in [1.807, 2.05) is 6.92 Å². The predicted octanol–water partition coefficient (Wildman–Crippen LogP) is 4.65. The Hall–Kier alpha value is -2.12. The number of benzene rings is 2. The van der Waals surface area contributed by atoms with Gasteiger partial charge in [0.15, 0.2) is 6.61 Å². The topological polar surface area (TPSA) is 81.5 Å². The summed E-state index contributed by atoms with van der Waals surface area (Å²) in [6.07, 6.45) is 0. The number of nitro benzene ring substituents is 1. The zero-order chi connectivity index (χ0) is 17.9. The average molecular weight is 414 g/mol. The fourth-order valence-corrected chi connectivity index (χ4v) is 2.77. The van der Waals surface area contributed by atoms with E-state index in [1.165, 1.54) is 6.07 Å². The van der Waals surface area contributed by atoms with Crippen LogP contribution < -0.4 is 10.1 Å². The van der Waals surface area contributed by atoms with Crippen molar-refractivity contribution in [3.05, 3.63) is 61.1 Å². The molecule has 0 spiro atoms. The molecular formula is C16H14BrClN2O4. The Balaban J connectivity index is 2.10. The Morgan fingerprint density at radius 3 is 2.58 bits per heavy atom. The molecule has 0 radical (unpaired) electrons. The molecule has 0 aliphatic carbocycles. The molecule has 0 fully saturated rings. The molecule has 0 aliphatic rings. The number of nitrogens with one attached hydrogen (secondary N) is 1. The molecule has 0 unspecified atom stereocenters. The average Bonchev–Trinajstić information content (AvgIpc) is 2.49. The van der Waals surface area contributed by atoms with Gasteiger partial charge in [-0.15, -0.1) is 0 Å². The Bertz CT molecular complexity index is 811. The van der Waals surface area contributed by atoms with E-state index in [1.54, 1.807) is 31.2 Å². The normalized spacial score (nSPS) is 10.3. The highest BCUT2D eigenvalue weighted by Crippen LogP contribution is 2.29. The van der Waals surface area contributed by atoms with E-state index in [4.69, 9.17) is 16.3 Å². The van der Waals surface area contributed by atoms with Crippen LogP contribution in [0.25, 0.3) is 0 Å². The molecule has 0 saturated carbocycles. The van der Waals surface area contributed by atoms with Gasteiger partial charge in [0.25, 0.3) is 11.6 Å². The van der Waals surface area contributed by atoms with Gasteiger partial charge in [0, 0.05) is 11.1 Å². The van der Waals surface area contributed by atoms with Crippen molar-refractivity contribution in [2.45, 2.75) is 13.8 Å². The lowest BCUT2D eigenvalue weighted by molar-refractivity contribution is -0.384. The first-order valence-corrected chi connectivity index (χ1v) is 8.08. The van der Waals surface area contributed by atoms with Crippen LogP contribution in [0.1, 0.15) is 11.1 Å². The molecule has 0 atom stereocenters. The van der Waals surface area contributed by atoms with Gasteiger partial charge in [-0.1, -0.05) is 11.6 Å². The predicted molar refractivity (Wildman–Crippen MR) is 95.8 cm³/mol. The van der Waals surface area contributed by atoms with Crippen LogP contribution in [-0.2, 0) is 4.79 Å². The van der Waals surface area contributed by atoms with Gasteiger partial charge in [-0.2, -0.15) is 0 Å². The van der Waals surface area contributed by atoms with E-state index in [2.05, 4.69) is 21.2 Å². The van der Waals surface area contributed by atoms with Crippen LogP contribution in [0.4, 0.5) is 11.4 Å². The maximum Gasteiger partial charge on any atom is 0.293 e. The maximum atomic E-state index is 12.0. The standard InChI is InChI=1S/C16H14BrClN2O4/c1-9-5-13(14(20(22)23)6-10(9)2)19-16(21)8-24-15-4-3-11(18)7-12(15)17/h3-7H,8H2,1-2H3,(H,19,21). The van der Waals surface area contributed by atoms with Crippen LogP contribution in [0.15, 0.2) is 34.8 Å². The van der Waals surface area contributed by atoms with Crippen LogP contribution in [0.5, 0.6) is 5.75 Å². The summed E-state index contributed by atoms with van der Waals surface area (Å²) in [6.45, 7) is 3.30. The lowest BCUT2D eigenvalue weighted by atomic mass is 10.1. The van der Waals surface area contributed by atoms with E-state index in [9.17, 15) is 14.9 Å². The Morgan fingerprint density at radius 1 is 1.29 bits per heavy atom. The smallest absolute Gasteiger partial charge is 0.293 e. The summed E-state index contributed by atoms with van der Waals surface area (Å²) in [5, 5.41) is 14.2. The van der Waals surface area contributed by atoms with E-state index < -0.39 is 10.8 Å². The number of amides is 1. The number of hydrogen-bond donors (Lipinski definition) is 1. The van der Waals surface area contributed by atoms with Gasteiger partial charge >= 0.3 is 0 Å². The molecular weight excluding hydrogens is 400 g/mol. The van der Waals surface area contributed by atoms with Gasteiger partial charge in [0.2, 0.25) is 0 Å². The van der Waals surface area contributed by atoms with Crippen LogP contribution in [0.2, 0.25) is 5.02 Å². The van der Waals surface area contributed by atoms with Gasteiger partial charge in [-0.25, -0.2) is 0 Å². The van der Waals surface area contributed by atoms with Crippen molar-refractivity contribution in [1.82, 2.24) is 0 Å². The zero-order valence-corrected chi connectivity index (χ0v) is 15.3. The fraction of sp³-hybridized carbons (Fsp3) is 0.188. The first kappa shape index (κ1) is 18.2. The van der Waals surface area contributed by atoms with Crippen molar-refractivity contribution in [2.24, 2.45) is 0 Å². The van der Waals surface area contributed by atoms with E-state index in [-0.39, 0.29) is 18.0 Å². The summed E-state index contributed by atoms with van der Waals surface area (Å²) in [5.41, 5.74) is 1.62. The highest BCUT2D eigenvalue weighted by Gasteiger charge is 2.18. The molecule has 0 aromatic heterocycles. The number of nitrogens with zero attached hydrogens (tertiary/aromatic N) is 1. The summed E-state index contributed by atoms with van der Waals surface area (Å²) in [7, 11) is 0. The summed E-state index contributed by atoms with van der Waals surface area (Å²) in [6, 6.07) is 7.90. The van der Waals surface area contributed by atoms with Crippen LogP contribution >= 0.6 is 27.5 Å². The number of halogens is 2. The minimum atomic E-state index is -0.529. The molecule has 0 aliphatic heterocycles. The van der Waals surface area contributed by atoms with Crippen molar-refractivity contribution < 1.29 is 14.5 Å². The van der Waals surface area contributed by atoms with Gasteiger partial charge < -0.3 is 10.1 Å². The van der Waals surface area contributed by atoms with E-state index in [0.29, 0.717) is 15.2 Å². The lowest BCUT2D eigenvalue weighted by Gasteiger charge is -2.11. The summed E-state index contributed by atoms with van der Waals surface area (Å²) >= 11 is 9.11. The number of aryl methyl sites for hydroxylation is 2. The first-order chi connectivity index (χ1) is 11.3. The Kier molecular flexibility index (Phi) is 5.80. The number of hydrogen-bond acceptors (Lipinski definition) is 4. The highest BCUT2D eigenvalue weighted by atomic mass is 79.9. The third kappa shape index (κ3) is 4.46.